The van der Waals surface area contributed by atoms with Crippen LogP contribution < -0.4 is 10.6 Å². The van der Waals surface area contributed by atoms with Crippen LogP contribution in [-0.2, 0) is 6.42 Å². The van der Waals surface area contributed by atoms with Gasteiger partial charge in [0.25, 0.3) is 0 Å². The van der Waals surface area contributed by atoms with E-state index in [-0.39, 0.29) is 17.9 Å². The zero-order chi connectivity index (χ0) is 17.6. The average Bonchev–Trinajstić information content (AvgIpc) is 2.54. The molecular weight excluding hydrogens is 321 g/mol. The summed E-state index contributed by atoms with van der Waals surface area (Å²) in [4.78, 5) is 12.1. The normalized spacial score (nSPS) is 12.5. The first-order chi connectivity index (χ1) is 11.4. The van der Waals surface area contributed by atoms with Crippen LogP contribution in [0.3, 0.4) is 0 Å². The second-order valence-electron chi connectivity index (χ2n) is 5.19. The second kappa shape index (κ2) is 7.83. The molecule has 1 unspecified atom stereocenters. The van der Waals surface area contributed by atoms with Gasteiger partial charge >= 0.3 is 12.2 Å². The quantitative estimate of drug-likeness (QED) is 0.779. The number of aliphatic hydroxyl groups excluding tert-OH is 1. The Morgan fingerprint density at radius 1 is 1.04 bits per heavy atom. The summed E-state index contributed by atoms with van der Waals surface area (Å²) in [5.74, 6) is 0. The van der Waals surface area contributed by atoms with Crippen molar-refractivity contribution in [3.8, 4) is 0 Å². The highest BCUT2D eigenvalue weighted by atomic mass is 19.4. The van der Waals surface area contributed by atoms with Crippen LogP contribution in [0.25, 0.3) is 0 Å². The molecule has 128 valence electrons. The van der Waals surface area contributed by atoms with Crippen LogP contribution in [0.2, 0.25) is 0 Å². The van der Waals surface area contributed by atoms with Gasteiger partial charge in [-0.3, -0.25) is 0 Å². The van der Waals surface area contributed by atoms with Crippen LogP contribution in [0.1, 0.15) is 17.2 Å². The summed E-state index contributed by atoms with van der Waals surface area (Å²) in [6, 6.07) is 13.2. The summed E-state index contributed by atoms with van der Waals surface area (Å²) in [7, 11) is 0. The molecule has 0 heterocycles. The summed E-state index contributed by atoms with van der Waals surface area (Å²) in [5.41, 5.74) is 0.746. The standard InChI is InChI=1S/C17H17F3N2O2/c18-17(19,20)10-13-8-4-5-9-14(13)21-16(24)22-15(11-23)12-6-2-1-3-7-12/h1-9,15,23H,10-11H2,(H2,21,22,24). The number of carbonyl (C=O) groups is 1. The van der Waals surface area contributed by atoms with Crippen molar-refractivity contribution >= 4 is 11.7 Å². The number of urea groups is 1. The Hall–Kier alpha value is -2.54. The molecule has 0 aliphatic rings. The van der Waals surface area contributed by atoms with Gasteiger partial charge in [0.15, 0.2) is 0 Å². The van der Waals surface area contributed by atoms with Gasteiger partial charge < -0.3 is 15.7 Å². The summed E-state index contributed by atoms with van der Waals surface area (Å²) in [6.45, 7) is -0.332. The largest absolute Gasteiger partial charge is 0.394 e. The van der Waals surface area contributed by atoms with Gasteiger partial charge in [-0.15, -0.1) is 0 Å². The van der Waals surface area contributed by atoms with Gasteiger partial charge in [-0.25, -0.2) is 4.79 Å². The molecule has 24 heavy (non-hydrogen) atoms. The summed E-state index contributed by atoms with van der Waals surface area (Å²) in [5, 5.41) is 14.4. The lowest BCUT2D eigenvalue weighted by Crippen LogP contribution is -2.34. The number of amides is 2. The SMILES string of the molecule is O=C(Nc1ccccc1CC(F)(F)F)NC(CO)c1ccccc1. The van der Waals surface area contributed by atoms with Gasteiger partial charge in [-0.2, -0.15) is 13.2 Å². The molecule has 0 aromatic heterocycles. The first kappa shape index (κ1) is 17.8. The van der Waals surface area contributed by atoms with E-state index in [9.17, 15) is 23.1 Å². The molecule has 1 atom stereocenters. The topological polar surface area (TPSA) is 61.4 Å². The van der Waals surface area contributed by atoms with Crippen LogP contribution in [0.5, 0.6) is 0 Å². The lowest BCUT2D eigenvalue weighted by Gasteiger charge is -2.18. The van der Waals surface area contributed by atoms with E-state index in [0.29, 0.717) is 5.56 Å². The number of hydrogen-bond acceptors (Lipinski definition) is 2. The van der Waals surface area contributed by atoms with E-state index >= 15 is 0 Å². The smallest absolute Gasteiger partial charge is 0.393 e. The van der Waals surface area contributed by atoms with Crippen LogP contribution >= 0.6 is 0 Å². The van der Waals surface area contributed by atoms with Crippen molar-refractivity contribution in [3.63, 3.8) is 0 Å². The number of rotatable bonds is 5. The molecule has 0 fully saturated rings. The first-order valence-electron chi connectivity index (χ1n) is 7.27. The Morgan fingerprint density at radius 2 is 1.67 bits per heavy atom. The van der Waals surface area contributed by atoms with Crippen LogP contribution in [0.15, 0.2) is 54.6 Å². The number of benzene rings is 2. The van der Waals surface area contributed by atoms with Crippen molar-refractivity contribution in [2.45, 2.75) is 18.6 Å². The van der Waals surface area contributed by atoms with Crippen molar-refractivity contribution in [1.29, 1.82) is 0 Å². The predicted octanol–water partition coefficient (Wildman–Crippen LogP) is 3.65. The Kier molecular flexibility index (Phi) is 5.81. The molecule has 0 spiro atoms. The second-order valence-corrected chi connectivity index (χ2v) is 5.19. The minimum atomic E-state index is -4.37. The van der Waals surface area contributed by atoms with E-state index in [0.717, 1.165) is 0 Å². The molecular formula is C17H17F3N2O2. The lowest BCUT2D eigenvalue weighted by molar-refractivity contribution is -0.127. The Balaban J connectivity index is 2.07. The maximum Gasteiger partial charge on any atom is 0.393 e. The minimum Gasteiger partial charge on any atom is -0.394 e. The lowest BCUT2D eigenvalue weighted by atomic mass is 10.1. The van der Waals surface area contributed by atoms with E-state index in [2.05, 4.69) is 10.6 Å². The number of hydrogen-bond donors (Lipinski definition) is 3. The fourth-order valence-corrected chi connectivity index (χ4v) is 2.25. The number of para-hydroxylation sites is 1. The van der Waals surface area contributed by atoms with Gasteiger partial charge in [0.05, 0.1) is 19.1 Å². The monoisotopic (exact) mass is 338 g/mol. The highest BCUT2D eigenvalue weighted by Gasteiger charge is 2.29. The number of carbonyl (C=O) groups excluding carboxylic acids is 1. The molecule has 2 aromatic rings. The van der Waals surface area contributed by atoms with Crippen molar-refractivity contribution in [2.75, 3.05) is 11.9 Å². The molecule has 4 nitrogen and oxygen atoms in total. The molecule has 3 N–H and O–H groups in total. The third-order valence-corrected chi connectivity index (χ3v) is 3.35. The van der Waals surface area contributed by atoms with Gasteiger partial charge in [-0.05, 0) is 17.2 Å². The Morgan fingerprint density at radius 3 is 2.29 bits per heavy atom. The Bertz CT molecular complexity index is 675. The van der Waals surface area contributed by atoms with Gasteiger partial charge in [0.2, 0.25) is 0 Å². The number of alkyl halides is 3. The van der Waals surface area contributed by atoms with Crippen molar-refractivity contribution in [2.24, 2.45) is 0 Å². The molecule has 2 amide bonds. The number of anilines is 1. The molecule has 0 aliphatic carbocycles. The van der Waals surface area contributed by atoms with Crippen molar-refractivity contribution < 1.29 is 23.1 Å². The van der Waals surface area contributed by atoms with Crippen LogP contribution in [0.4, 0.5) is 23.7 Å². The van der Waals surface area contributed by atoms with Crippen molar-refractivity contribution in [1.82, 2.24) is 5.32 Å². The minimum absolute atomic E-state index is 0.0274. The molecule has 0 bridgehead atoms. The third-order valence-electron chi connectivity index (χ3n) is 3.35. The zero-order valence-electron chi connectivity index (χ0n) is 12.7. The summed E-state index contributed by atoms with van der Waals surface area (Å²) in [6.07, 6.45) is -5.50. The molecule has 0 saturated heterocycles. The molecule has 2 rings (SSSR count). The van der Waals surface area contributed by atoms with E-state index in [1.165, 1.54) is 24.3 Å². The van der Waals surface area contributed by atoms with E-state index < -0.39 is 24.7 Å². The Labute approximate surface area is 137 Å². The molecule has 0 saturated carbocycles. The fourth-order valence-electron chi connectivity index (χ4n) is 2.25. The van der Waals surface area contributed by atoms with E-state index in [4.69, 9.17) is 0 Å². The maximum absolute atomic E-state index is 12.6. The average molecular weight is 338 g/mol. The molecule has 0 aliphatic heterocycles. The fraction of sp³-hybridized carbons (Fsp3) is 0.235. The first-order valence-corrected chi connectivity index (χ1v) is 7.27. The highest BCUT2D eigenvalue weighted by Crippen LogP contribution is 2.26. The zero-order valence-corrected chi connectivity index (χ0v) is 12.7. The summed E-state index contributed by atoms with van der Waals surface area (Å²) < 4.78 is 37.8. The maximum atomic E-state index is 12.6. The van der Waals surface area contributed by atoms with Crippen LogP contribution in [0, 0.1) is 0 Å². The van der Waals surface area contributed by atoms with E-state index in [1.54, 1.807) is 30.3 Å². The third kappa shape index (κ3) is 5.27. The highest BCUT2D eigenvalue weighted by molar-refractivity contribution is 5.90. The van der Waals surface area contributed by atoms with Crippen LogP contribution in [-0.4, -0.2) is 23.9 Å². The predicted molar refractivity (Wildman–Crippen MR) is 84.6 cm³/mol. The van der Waals surface area contributed by atoms with E-state index in [1.807, 2.05) is 0 Å². The van der Waals surface area contributed by atoms with Gasteiger partial charge in [0.1, 0.15) is 0 Å². The van der Waals surface area contributed by atoms with Gasteiger partial charge in [-0.1, -0.05) is 48.5 Å². The molecule has 2 aromatic carbocycles. The summed E-state index contributed by atoms with van der Waals surface area (Å²) >= 11 is 0. The number of halogens is 3. The van der Waals surface area contributed by atoms with Crippen molar-refractivity contribution in [3.05, 3.63) is 65.7 Å². The number of nitrogens with one attached hydrogen (secondary N) is 2. The molecule has 7 heteroatoms. The molecule has 0 radical (unpaired) electrons. The number of aliphatic hydroxyl groups is 1. The van der Waals surface area contributed by atoms with Gasteiger partial charge in [0, 0.05) is 5.69 Å².